The molecule has 2 heterocycles. The molecule has 0 radical (unpaired) electrons. The van der Waals surface area contributed by atoms with Gasteiger partial charge in [-0.15, -0.1) is 0 Å². The third kappa shape index (κ3) is 1.14. The second-order valence-corrected chi connectivity index (χ2v) is 2.68. The minimum Gasteiger partial charge on any atom is -0.464 e. The molecule has 0 unspecified atom stereocenters. The zero-order chi connectivity index (χ0) is 10.1. The van der Waals surface area contributed by atoms with Gasteiger partial charge in [0.1, 0.15) is 0 Å². The molecule has 0 N–H and O–H groups in total. The minimum atomic E-state index is -0.539. The molecular weight excluding hydrogens is 187 g/mol. The van der Waals surface area contributed by atoms with Gasteiger partial charge in [0.15, 0.2) is 17.2 Å². The second-order valence-electron chi connectivity index (χ2n) is 2.68. The van der Waals surface area contributed by atoms with E-state index < -0.39 is 11.8 Å². The number of hydrogen-bond donors (Lipinski definition) is 0. The van der Waals surface area contributed by atoms with Crippen molar-refractivity contribution in [2.75, 3.05) is 7.11 Å². The minimum absolute atomic E-state index is 0.118. The summed E-state index contributed by atoms with van der Waals surface area (Å²) in [5, 5.41) is 0. The standard InChI is InChI=1S/C9H7FN2O2/c1-14-9(13)7-5-11-8-6(10)3-2-4-12(7)8/h2-5H,1H3. The fourth-order valence-electron chi connectivity index (χ4n) is 1.23. The first-order valence-corrected chi connectivity index (χ1v) is 3.94. The van der Waals surface area contributed by atoms with Crippen LogP contribution >= 0.6 is 0 Å². The zero-order valence-corrected chi connectivity index (χ0v) is 7.40. The molecule has 0 amide bonds. The number of ether oxygens (including phenoxy) is 1. The first-order chi connectivity index (χ1) is 6.74. The molecule has 14 heavy (non-hydrogen) atoms. The van der Waals surface area contributed by atoms with Crippen LogP contribution in [0.1, 0.15) is 10.5 Å². The predicted octanol–water partition coefficient (Wildman–Crippen LogP) is 1.26. The Hall–Kier alpha value is -1.91. The van der Waals surface area contributed by atoms with Gasteiger partial charge in [-0.3, -0.25) is 4.40 Å². The van der Waals surface area contributed by atoms with Crippen LogP contribution in [0, 0.1) is 5.82 Å². The normalized spacial score (nSPS) is 10.4. The Balaban J connectivity index is 2.70. The smallest absolute Gasteiger partial charge is 0.356 e. The summed E-state index contributed by atoms with van der Waals surface area (Å²) in [5.74, 6) is -1.01. The van der Waals surface area contributed by atoms with Crippen LogP contribution in [0.2, 0.25) is 0 Å². The summed E-state index contributed by atoms with van der Waals surface area (Å²) in [6.45, 7) is 0. The Morgan fingerprint density at radius 3 is 3.14 bits per heavy atom. The Kier molecular flexibility index (Phi) is 1.92. The number of carbonyl (C=O) groups excluding carboxylic acids is 1. The number of aromatic nitrogens is 2. The highest BCUT2D eigenvalue weighted by atomic mass is 19.1. The van der Waals surface area contributed by atoms with E-state index in [2.05, 4.69) is 9.72 Å². The van der Waals surface area contributed by atoms with Crippen LogP contribution in [0.15, 0.2) is 24.5 Å². The van der Waals surface area contributed by atoms with Gasteiger partial charge in [-0.2, -0.15) is 0 Å². The quantitative estimate of drug-likeness (QED) is 0.642. The summed E-state index contributed by atoms with van der Waals surface area (Å²) in [6, 6.07) is 2.78. The number of hydrogen-bond acceptors (Lipinski definition) is 3. The molecule has 0 saturated heterocycles. The number of pyridine rings is 1. The lowest BCUT2D eigenvalue weighted by Crippen LogP contribution is -2.05. The maximum atomic E-state index is 13.1. The highest BCUT2D eigenvalue weighted by Gasteiger charge is 2.13. The van der Waals surface area contributed by atoms with Crippen LogP contribution < -0.4 is 0 Å². The van der Waals surface area contributed by atoms with Crippen LogP contribution in [0.4, 0.5) is 4.39 Å². The number of esters is 1. The fourth-order valence-corrected chi connectivity index (χ4v) is 1.23. The molecule has 0 aliphatic heterocycles. The summed E-state index contributed by atoms with van der Waals surface area (Å²) < 4.78 is 19.0. The lowest BCUT2D eigenvalue weighted by molar-refractivity contribution is 0.0593. The molecule has 0 aromatic carbocycles. The van der Waals surface area contributed by atoms with Crippen molar-refractivity contribution in [3.05, 3.63) is 36.0 Å². The predicted molar refractivity (Wildman–Crippen MR) is 46.5 cm³/mol. The van der Waals surface area contributed by atoms with Gasteiger partial charge in [-0.05, 0) is 12.1 Å². The van der Waals surface area contributed by atoms with E-state index in [0.29, 0.717) is 0 Å². The molecule has 0 fully saturated rings. The number of imidazole rings is 1. The number of fused-ring (bicyclic) bond motifs is 1. The Bertz CT molecular complexity index is 493. The van der Waals surface area contributed by atoms with Crippen molar-refractivity contribution in [1.82, 2.24) is 9.38 Å². The van der Waals surface area contributed by atoms with Gasteiger partial charge in [0, 0.05) is 6.20 Å². The highest BCUT2D eigenvalue weighted by Crippen LogP contribution is 2.10. The van der Waals surface area contributed by atoms with Gasteiger partial charge in [0.25, 0.3) is 0 Å². The third-order valence-corrected chi connectivity index (χ3v) is 1.88. The lowest BCUT2D eigenvalue weighted by atomic mass is 10.4. The van der Waals surface area contributed by atoms with E-state index in [1.165, 1.54) is 29.8 Å². The molecule has 0 saturated carbocycles. The number of rotatable bonds is 1. The van der Waals surface area contributed by atoms with E-state index in [0.717, 1.165) is 0 Å². The number of carbonyl (C=O) groups is 1. The van der Waals surface area contributed by atoms with E-state index >= 15 is 0 Å². The van der Waals surface area contributed by atoms with Crippen molar-refractivity contribution in [3.63, 3.8) is 0 Å². The van der Waals surface area contributed by atoms with Crippen molar-refractivity contribution in [2.24, 2.45) is 0 Å². The lowest BCUT2D eigenvalue weighted by Gasteiger charge is -1.98. The first kappa shape index (κ1) is 8.68. The average Bonchev–Trinajstić information content (AvgIpc) is 2.62. The topological polar surface area (TPSA) is 43.6 Å². The molecule has 5 heteroatoms. The summed E-state index contributed by atoms with van der Waals surface area (Å²) in [4.78, 5) is 15.0. The van der Waals surface area contributed by atoms with E-state index in [9.17, 15) is 9.18 Å². The molecular formula is C9H7FN2O2. The Morgan fingerprint density at radius 2 is 2.43 bits per heavy atom. The molecule has 2 aromatic heterocycles. The van der Waals surface area contributed by atoms with Crippen molar-refractivity contribution in [1.29, 1.82) is 0 Å². The molecule has 0 atom stereocenters. The molecule has 4 nitrogen and oxygen atoms in total. The monoisotopic (exact) mass is 194 g/mol. The number of nitrogens with zero attached hydrogens (tertiary/aromatic N) is 2. The molecule has 0 aliphatic carbocycles. The SMILES string of the molecule is COC(=O)c1cnc2c(F)cccn12. The van der Waals surface area contributed by atoms with Crippen molar-refractivity contribution < 1.29 is 13.9 Å². The van der Waals surface area contributed by atoms with Crippen LogP contribution in [0.5, 0.6) is 0 Å². The average molecular weight is 194 g/mol. The molecule has 2 rings (SSSR count). The Labute approximate surface area is 78.9 Å². The molecule has 0 spiro atoms. The van der Waals surface area contributed by atoms with Gasteiger partial charge in [-0.1, -0.05) is 0 Å². The van der Waals surface area contributed by atoms with Crippen molar-refractivity contribution >= 4 is 11.6 Å². The summed E-state index contributed by atoms with van der Waals surface area (Å²) in [7, 11) is 1.26. The summed E-state index contributed by atoms with van der Waals surface area (Å²) in [6.07, 6.45) is 2.84. The van der Waals surface area contributed by atoms with Crippen molar-refractivity contribution in [2.45, 2.75) is 0 Å². The van der Waals surface area contributed by atoms with Gasteiger partial charge in [-0.25, -0.2) is 14.2 Å². The van der Waals surface area contributed by atoms with Gasteiger partial charge >= 0.3 is 5.97 Å². The van der Waals surface area contributed by atoms with Gasteiger partial charge in [0.05, 0.1) is 13.3 Å². The van der Waals surface area contributed by atoms with Crippen LogP contribution in [-0.2, 0) is 4.74 Å². The largest absolute Gasteiger partial charge is 0.464 e. The molecule has 72 valence electrons. The molecule has 2 aromatic rings. The van der Waals surface area contributed by atoms with E-state index in [1.807, 2.05) is 0 Å². The fraction of sp³-hybridized carbons (Fsp3) is 0.111. The maximum Gasteiger partial charge on any atom is 0.356 e. The van der Waals surface area contributed by atoms with E-state index in [1.54, 1.807) is 6.20 Å². The van der Waals surface area contributed by atoms with Gasteiger partial charge in [0.2, 0.25) is 0 Å². The summed E-state index contributed by atoms with van der Waals surface area (Å²) >= 11 is 0. The second kappa shape index (κ2) is 3.10. The highest BCUT2D eigenvalue weighted by molar-refractivity contribution is 5.88. The number of halogens is 1. The molecule has 0 bridgehead atoms. The van der Waals surface area contributed by atoms with Gasteiger partial charge < -0.3 is 4.74 Å². The van der Waals surface area contributed by atoms with Crippen LogP contribution in [-0.4, -0.2) is 22.5 Å². The molecule has 0 aliphatic rings. The van der Waals surface area contributed by atoms with Crippen LogP contribution in [0.25, 0.3) is 5.65 Å². The van der Waals surface area contributed by atoms with Crippen LogP contribution in [0.3, 0.4) is 0 Å². The third-order valence-electron chi connectivity index (χ3n) is 1.88. The zero-order valence-electron chi connectivity index (χ0n) is 7.40. The van der Waals surface area contributed by atoms with E-state index in [-0.39, 0.29) is 11.3 Å². The number of methoxy groups -OCH3 is 1. The van der Waals surface area contributed by atoms with Crippen molar-refractivity contribution in [3.8, 4) is 0 Å². The Morgan fingerprint density at radius 1 is 1.64 bits per heavy atom. The maximum absolute atomic E-state index is 13.1. The van der Waals surface area contributed by atoms with E-state index in [4.69, 9.17) is 0 Å². The first-order valence-electron chi connectivity index (χ1n) is 3.94. The summed E-state index contributed by atoms with van der Waals surface area (Å²) in [5.41, 5.74) is 0.329.